The van der Waals surface area contributed by atoms with E-state index in [-0.39, 0.29) is 28.6 Å². The third-order valence-electron chi connectivity index (χ3n) is 5.65. The molecule has 0 aliphatic heterocycles. The number of rotatable bonds is 11. The summed E-state index contributed by atoms with van der Waals surface area (Å²) in [7, 11) is 0. The number of nitriles is 1. The van der Waals surface area contributed by atoms with Crippen molar-refractivity contribution in [3.05, 3.63) is 59.4 Å². The molecular formula is C27H32N8O2S. The number of pyridine rings is 1. The summed E-state index contributed by atoms with van der Waals surface area (Å²) in [6, 6.07) is 14.8. The molecule has 198 valence electrons. The maximum Gasteiger partial charge on any atom is 0.221 e. The maximum absolute atomic E-state index is 12.2. The van der Waals surface area contributed by atoms with Crippen LogP contribution in [0.5, 0.6) is 0 Å². The molecular weight excluding hydrogens is 500 g/mol. The van der Waals surface area contributed by atoms with E-state index in [1.165, 1.54) is 18.7 Å². The van der Waals surface area contributed by atoms with E-state index in [0.29, 0.717) is 53.8 Å². The number of aryl methyl sites for hydroxylation is 1. The van der Waals surface area contributed by atoms with Gasteiger partial charge in [0.15, 0.2) is 5.16 Å². The molecule has 0 spiro atoms. The highest BCUT2D eigenvalue weighted by atomic mass is 32.2. The average molecular weight is 533 g/mol. The normalized spacial score (nSPS) is 11.0. The molecule has 2 heterocycles. The Kier molecular flexibility index (Phi) is 9.76. The van der Waals surface area contributed by atoms with E-state index in [1.807, 2.05) is 32.0 Å². The van der Waals surface area contributed by atoms with Gasteiger partial charge < -0.3 is 22.1 Å². The highest BCUT2D eigenvalue weighted by Crippen LogP contribution is 2.29. The summed E-state index contributed by atoms with van der Waals surface area (Å²) in [6.07, 6.45) is 0.857. The fourth-order valence-corrected chi connectivity index (χ4v) is 4.14. The number of thioether (sulfide) groups is 1. The summed E-state index contributed by atoms with van der Waals surface area (Å²) < 4.78 is 0. The molecule has 3 rings (SSSR count). The van der Waals surface area contributed by atoms with Crippen LogP contribution in [0.4, 0.5) is 11.5 Å². The lowest BCUT2D eigenvalue weighted by Crippen LogP contribution is -2.38. The van der Waals surface area contributed by atoms with Gasteiger partial charge in [-0.15, -0.1) is 0 Å². The van der Waals surface area contributed by atoms with Crippen LogP contribution in [0.2, 0.25) is 0 Å². The van der Waals surface area contributed by atoms with Crippen molar-refractivity contribution in [2.75, 3.05) is 24.1 Å². The van der Waals surface area contributed by atoms with E-state index in [4.69, 9.17) is 11.5 Å². The van der Waals surface area contributed by atoms with Gasteiger partial charge in [-0.1, -0.05) is 43.8 Å². The Morgan fingerprint density at radius 3 is 2.45 bits per heavy atom. The van der Waals surface area contributed by atoms with E-state index in [1.54, 1.807) is 24.3 Å². The minimum Gasteiger partial charge on any atom is -0.382 e. The summed E-state index contributed by atoms with van der Waals surface area (Å²) in [5.74, 6) is 0.369. The van der Waals surface area contributed by atoms with Crippen LogP contribution in [-0.4, -0.2) is 39.9 Å². The lowest BCUT2D eigenvalue weighted by molar-refractivity contribution is -0.121. The van der Waals surface area contributed by atoms with Crippen molar-refractivity contribution in [1.82, 2.24) is 20.3 Å². The lowest BCUT2D eigenvalue weighted by Gasteiger charge is -2.22. The minimum absolute atomic E-state index is 0.0350. The van der Waals surface area contributed by atoms with Gasteiger partial charge in [0.2, 0.25) is 11.8 Å². The van der Waals surface area contributed by atoms with Gasteiger partial charge in [0, 0.05) is 42.6 Å². The quantitative estimate of drug-likeness (QED) is 0.213. The molecule has 38 heavy (non-hydrogen) atoms. The van der Waals surface area contributed by atoms with Crippen LogP contribution in [0.25, 0.3) is 11.3 Å². The molecule has 0 saturated carbocycles. The van der Waals surface area contributed by atoms with Crippen molar-refractivity contribution in [3.63, 3.8) is 0 Å². The van der Waals surface area contributed by atoms with Crippen molar-refractivity contribution < 1.29 is 9.59 Å². The number of anilines is 2. The fraction of sp³-hybridized carbons (Fsp3) is 0.333. The van der Waals surface area contributed by atoms with Crippen molar-refractivity contribution in [3.8, 4) is 17.3 Å². The Hall–Kier alpha value is -4.01. The van der Waals surface area contributed by atoms with Crippen molar-refractivity contribution in [2.45, 2.75) is 44.5 Å². The summed E-state index contributed by atoms with van der Waals surface area (Å²) in [4.78, 5) is 37.0. The Balaban J connectivity index is 1.67. The zero-order chi connectivity index (χ0) is 27.7. The van der Waals surface area contributed by atoms with Gasteiger partial charge in [0.1, 0.15) is 17.5 Å². The predicted molar refractivity (Wildman–Crippen MR) is 149 cm³/mol. The van der Waals surface area contributed by atoms with Crippen LogP contribution >= 0.6 is 11.8 Å². The third kappa shape index (κ3) is 8.26. The summed E-state index contributed by atoms with van der Waals surface area (Å²) in [5.41, 5.74) is 15.2. The monoisotopic (exact) mass is 532 g/mol. The maximum atomic E-state index is 12.2. The van der Waals surface area contributed by atoms with Crippen LogP contribution < -0.4 is 22.1 Å². The number of carbonyl (C=O) groups excluding carboxylic acids is 2. The molecule has 10 nitrogen and oxygen atoms in total. The van der Waals surface area contributed by atoms with Crippen molar-refractivity contribution in [1.29, 1.82) is 5.26 Å². The van der Waals surface area contributed by atoms with E-state index in [2.05, 4.69) is 31.7 Å². The molecule has 6 N–H and O–H groups in total. The smallest absolute Gasteiger partial charge is 0.221 e. The highest BCUT2D eigenvalue weighted by molar-refractivity contribution is 7.98. The first-order valence-corrected chi connectivity index (χ1v) is 13.1. The molecule has 0 fully saturated rings. The summed E-state index contributed by atoms with van der Waals surface area (Å²) in [6.45, 7) is 6.47. The molecule has 2 amide bonds. The van der Waals surface area contributed by atoms with Gasteiger partial charge in [-0.3, -0.25) is 14.6 Å². The van der Waals surface area contributed by atoms with Gasteiger partial charge >= 0.3 is 0 Å². The minimum atomic E-state index is -0.173. The molecule has 0 aliphatic carbocycles. The fourth-order valence-electron chi connectivity index (χ4n) is 3.38. The standard InChI is InChI=1S/C27H32N8O2S/c1-17(36)32-20-9-7-18(8-10-20)24-22(13-28)25(30)35-26(34-24)38-14-21-6-4-5-19(33-21)11-12-23(37)31-16-27(2,3)15-29/h4-10H,11-12,14-16,29H2,1-3H3,(H,31,37)(H,32,36)(H2,30,34,35). The van der Waals surface area contributed by atoms with Crippen LogP contribution in [0.3, 0.4) is 0 Å². The predicted octanol–water partition coefficient (Wildman–Crippen LogP) is 3.28. The molecule has 0 radical (unpaired) electrons. The molecule has 11 heteroatoms. The SMILES string of the molecule is CC(=O)Nc1ccc(-c2nc(SCc3cccc(CCC(=O)NCC(C)(C)CN)n3)nc(N)c2C#N)cc1. The summed E-state index contributed by atoms with van der Waals surface area (Å²) >= 11 is 1.35. The number of aromatic nitrogens is 3. The van der Waals surface area contributed by atoms with E-state index in [0.717, 1.165) is 11.4 Å². The zero-order valence-electron chi connectivity index (χ0n) is 21.7. The number of carbonyl (C=O) groups is 2. The van der Waals surface area contributed by atoms with Gasteiger partial charge in [-0.25, -0.2) is 9.97 Å². The number of hydrogen-bond donors (Lipinski definition) is 4. The lowest BCUT2D eigenvalue weighted by atomic mass is 9.94. The van der Waals surface area contributed by atoms with Gasteiger partial charge in [0.05, 0.1) is 11.4 Å². The van der Waals surface area contributed by atoms with Crippen LogP contribution in [0.1, 0.15) is 44.1 Å². The van der Waals surface area contributed by atoms with E-state index < -0.39 is 0 Å². The van der Waals surface area contributed by atoms with Gasteiger partial charge in [-0.05, 0) is 42.6 Å². The first kappa shape index (κ1) is 28.6. The molecule has 1 aromatic carbocycles. The Bertz CT molecular complexity index is 1340. The molecule has 2 aromatic heterocycles. The van der Waals surface area contributed by atoms with Crippen LogP contribution in [0, 0.1) is 16.7 Å². The average Bonchev–Trinajstić information content (AvgIpc) is 2.89. The summed E-state index contributed by atoms with van der Waals surface area (Å²) in [5, 5.41) is 15.7. The molecule has 0 unspecified atom stereocenters. The number of nitrogen functional groups attached to an aromatic ring is 1. The number of nitrogens with zero attached hydrogens (tertiary/aromatic N) is 4. The first-order valence-electron chi connectivity index (χ1n) is 12.1. The van der Waals surface area contributed by atoms with Crippen molar-refractivity contribution >= 4 is 35.1 Å². The number of nitrogens with two attached hydrogens (primary N) is 2. The highest BCUT2D eigenvalue weighted by Gasteiger charge is 2.17. The van der Waals surface area contributed by atoms with Gasteiger partial charge in [-0.2, -0.15) is 5.26 Å². The second-order valence-electron chi connectivity index (χ2n) is 9.54. The Morgan fingerprint density at radius 1 is 1.08 bits per heavy atom. The van der Waals surface area contributed by atoms with Gasteiger partial charge in [0.25, 0.3) is 0 Å². The molecule has 0 bridgehead atoms. The number of hydrogen-bond acceptors (Lipinski definition) is 9. The zero-order valence-corrected chi connectivity index (χ0v) is 22.6. The number of nitrogens with one attached hydrogen (secondary N) is 2. The Morgan fingerprint density at radius 2 is 1.79 bits per heavy atom. The second kappa shape index (κ2) is 13.0. The molecule has 0 saturated heterocycles. The molecule has 3 aromatic rings. The van der Waals surface area contributed by atoms with E-state index >= 15 is 0 Å². The number of benzene rings is 1. The molecule has 0 atom stereocenters. The van der Waals surface area contributed by atoms with Crippen LogP contribution in [0.15, 0.2) is 47.6 Å². The number of amides is 2. The first-order chi connectivity index (χ1) is 18.1. The largest absolute Gasteiger partial charge is 0.382 e. The Labute approximate surface area is 226 Å². The third-order valence-corrected chi connectivity index (χ3v) is 6.53. The van der Waals surface area contributed by atoms with E-state index in [9.17, 15) is 14.9 Å². The van der Waals surface area contributed by atoms with Crippen molar-refractivity contribution in [2.24, 2.45) is 11.1 Å². The second-order valence-corrected chi connectivity index (χ2v) is 10.5. The topological polar surface area (TPSA) is 173 Å². The molecule has 0 aliphatic rings. The van der Waals surface area contributed by atoms with Crippen LogP contribution in [-0.2, 0) is 21.8 Å².